The van der Waals surface area contributed by atoms with E-state index in [0.717, 1.165) is 0 Å². The van der Waals surface area contributed by atoms with E-state index >= 15 is 0 Å². The lowest BCUT2D eigenvalue weighted by Gasteiger charge is -2.03. The van der Waals surface area contributed by atoms with Gasteiger partial charge in [0.1, 0.15) is 6.04 Å². The zero-order valence-corrected chi connectivity index (χ0v) is 9.14. The number of benzene rings is 1. The van der Waals surface area contributed by atoms with Gasteiger partial charge < -0.3 is 18.1 Å². The van der Waals surface area contributed by atoms with Crippen LogP contribution in [-0.2, 0) is 6.42 Å². The monoisotopic (exact) mass is 199 g/mol. The molecule has 0 heterocycles. The first-order chi connectivity index (χ1) is 5.74. The predicted octanol–water partition coefficient (Wildman–Crippen LogP) is -1.05. The number of quaternary nitrogens is 1. The molecule has 74 valence electrons. The fourth-order valence-electron chi connectivity index (χ4n) is 1.30. The SMILES string of the molecule is CCCc1ccc([C@H](C)[NH3+])cc1.[Cl-]. The fraction of sp³-hybridized carbons (Fsp3) is 0.455. The van der Waals surface area contributed by atoms with Gasteiger partial charge in [0.05, 0.1) is 0 Å². The lowest BCUT2D eigenvalue weighted by atomic mass is 10.0. The van der Waals surface area contributed by atoms with Gasteiger partial charge in [-0.25, -0.2) is 0 Å². The summed E-state index contributed by atoms with van der Waals surface area (Å²) in [5.41, 5.74) is 6.75. The highest BCUT2D eigenvalue weighted by Gasteiger charge is 2.00. The first-order valence-corrected chi connectivity index (χ1v) is 4.66. The van der Waals surface area contributed by atoms with E-state index in [1.807, 2.05) is 0 Å². The first kappa shape index (κ1) is 12.5. The molecule has 1 aromatic rings. The zero-order chi connectivity index (χ0) is 8.97. The summed E-state index contributed by atoms with van der Waals surface area (Å²) in [6.07, 6.45) is 2.41. The minimum absolute atomic E-state index is 0. The third-order valence-corrected chi connectivity index (χ3v) is 2.09. The molecule has 1 nitrogen and oxygen atoms in total. The smallest absolute Gasteiger partial charge is 0.107 e. The van der Waals surface area contributed by atoms with E-state index < -0.39 is 0 Å². The fourth-order valence-corrected chi connectivity index (χ4v) is 1.30. The van der Waals surface area contributed by atoms with Crippen molar-refractivity contribution in [1.82, 2.24) is 0 Å². The van der Waals surface area contributed by atoms with E-state index in [2.05, 4.69) is 43.8 Å². The summed E-state index contributed by atoms with van der Waals surface area (Å²) in [5, 5.41) is 0. The van der Waals surface area contributed by atoms with Gasteiger partial charge >= 0.3 is 0 Å². The van der Waals surface area contributed by atoms with Gasteiger partial charge in [-0.2, -0.15) is 0 Å². The van der Waals surface area contributed by atoms with E-state index in [-0.39, 0.29) is 12.4 Å². The largest absolute Gasteiger partial charge is 1.00 e. The number of hydrogen-bond donors (Lipinski definition) is 1. The van der Waals surface area contributed by atoms with E-state index in [4.69, 9.17) is 0 Å². The molecular formula is C11H18ClN. The summed E-state index contributed by atoms with van der Waals surface area (Å²) >= 11 is 0. The Morgan fingerprint density at radius 1 is 1.23 bits per heavy atom. The van der Waals surface area contributed by atoms with E-state index in [0.29, 0.717) is 6.04 Å². The highest BCUT2D eigenvalue weighted by Crippen LogP contribution is 2.10. The average molecular weight is 200 g/mol. The van der Waals surface area contributed by atoms with Crippen LogP contribution in [0.1, 0.15) is 37.4 Å². The van der Waals surface area contributed by atoms with Crippen molar-refractivity contribution in [1.29, 1.82) is 0 Å². The normalized spacial score (nSPS) is 11.9. The highest BCUT2D eigenvalue weighted by molar-refractivity contribution is 5.23. The molecule has 0 aliphatic rings. The average Bonchev–Trinajstić information content (AvgIpc) is 2.06. The van der Waals surface area contributed by atoms with Crippen molar-refractivity contribution in [2.75, 3.05) is 0 Å². The molecule has 0 unspecified atom stereocenters. The number of hydrogen-bond acceptors (Lipinski definition) is 0. The Balaban J connectivity index is 0.00000144. The van der Waals surface area contributed by atoms with Gasteiger partial charge in [-0.05, 0) is 18.9 Å². The van der Waals surface area contributed by atoms with Crippen LogP contribution < -0.4 is 18.1 Å². The standard InChI is InChI=1S/C11H17N.ClH/c1-3-4-10-5-7-11(8-6-10)9(2)12;/h5-9H,3-4,12H2,1-2H3;1H/t9-;/m0./s1. The molecule has 1 atom stereocenters. The highest BCUT2D eigenvalue weighted by atomic mass is 35.5. The molecule has 0 radical (unpaired) electrons. The number of rotatable bonds is 3. The molecule has 0 aliphatic heterocycles. The molecule has 0 aromatic heterocycles. The summed E-state index contributed by atoms with van der Waals surface area (Å²) in [6.45, 7) is 4.33. The van der Waals surface area contributed by atoms with Crippen LogP contribution in [0.4, 0.5) is 0 Å². The number of halogens is 1. The Labute approximate surface area is 86.7 Å². The maximum atomic E-state index is 3.98. The molecule has 2 heteroatoms. The summed E-state index contributed by atoms with van der Waals surface area (Å²) < 4.78 is 0. The molecule has 0 bridgehead atoms. The summed E-state index contributed by atoms with van der Waals surface area (Å²) in [4.78, 5) is 0. The van der Waals surface area contributed by atoms with Crippen molar-refractivity contribution in [2.24, 2.45) is 0 Å². The maximum Gasteiger partial charge on any atom is 0.107 e. The molecule has 0 fully saturated rings. The van der Waals surface area contributed by atoms with Gasteiger partial charge in [0, 0.05) is 5.56 Å². The van der Waals surface area contributed by atoms with Gasteiger partial charge in [-0.3, -0.25) is 0 Å². The Morgan fingerprint density at radius 2 is 1.77 bits per heavy atom. The van der Waals surface area contributed by atoms with Gasteiger partial charge in [-0.15, -0.1) is 0 Å². The predicted molar refractivity (Wildman–Crippen MR) is 51.7 cm³/mol. The topological polar surface area (TPSA) is 27.6 Å². The molecular weight excluding hydrogens is 182 g/mol. The lowest BCUT2D eigenvalue weighted by molar-refractivity contribution is -0.420. The van der Waals surface area contributed by atoms with Crippen LogP contribution in [0, 0.1) is 0 Å². The Hall–Kier alpha value is -0.530. The van der Waals surface area contributed by atoms with Crippen LogP contribution in [-0.4, -0.2) is 0 Å². The number of aryl methyl sites for hydroxylation is 1. The third kappa shape index (κ3) is 3.79. The van der Waals surface area contributed by atoms with Crippen molar-refractivity contribution in [3.63, 3.8) is 0 Å². The van der Waals surface area contributed by atoms with Gasteiger partial charge in [0.15, 0.2) is 0 Å². The van der Waals surface area contributed by atoms with E-state index in [1.165, 1.54) is 24.0 Å². The molecule has 0 saturated heterocycles. The first-order valence-electron chi connectivity index (χ1n) is 4.66. The van der Waals surface area contributed by atoms with Crippen molar-refractivity contribution < 1.29 is 18.1 Å². The minimum Gasteiger partial charge on any atom is -1.00 e. The molecule has 0 saturated carbocycles. The molecule has 1 aromatic carbocycles. The zero-order valence-electron chi connectivity index (χ0n) is 8.39. The van der Waals surface area contributed by atoms with Crippen LogP contribution in [0.25, 0.3) is 0 Å². The van der Waals surface area contributed by atoms with Gasteiger partial charge in [0.2, 0.25) is 0 Å². The lowest BCUT2D eigenvalue weighted by Crippen LogP contribution is -3.00. The van der Waals surface area contributed by atoms with E-state index in [9.17, 15) is 0 Å². The molecule has 0 amide bonds. The Morgan fingerprint density at radius 3 is 2.15 bits per heavy atom. The minimum atomic E-state index is 0. The van der Waals surface area contributed by atoms with Crippen molar-refractivity contribution >= 4 is 0 Å². The molecule has 13 heavy (non-hydrogen) atoms. The van der Waals surface area contributed by atoms with Crippen LogP contribution >= 0.6 is 0 Å². The quantitative estimate of drug-likeness (QED) is 0.644. The van der Waals surface area contributed by atoms with Gasteiger partial charge in [-0.1, -0.05) is 37.6 Å². The molecule has 0 aliphatic carbocycles. The third-order valence-electron chi connectivity index (χ3n) is 2.09. The summed E-state index contributed by atoms with van der Waals surface area (Å²) in [6, 6.07) is 9.19. The van der Waals surface area contributed by atoms with Gasteiger partial charge in [0.25, 0.3) is 0 Å². The van der Waals surface area contributed by atoms with E-state index in [1.54, 1.807) is 0 Å². The van der Waals surface area contributed by atoms with Crippen LogP contribution in [0.3, 0.4) is 0 Å². The van der Waals surface area contributed by atoms with Crippen molar-refractivity contribution in [3.05, 3.63) is 35.4 Å². The Kier molecular flexibility index (Phi) is 5.76. The molecule has 0 spiro atoms. The Bertz CT molecular complexity index is 228. The van der Waals surface area contributed by atoms with Crippen LogP contribution in [0.2, 0.25) is 0 Å². The van der Waals surface area contributed by atoms with Crippen molar-refractivity contribution in [2.45, 2.75) is 32.7 Å². The molecule has 1 rings (SSSR count). The second-order valence-electron chi connectivity index (χ2n) is 3.39. The summed E-state index contributed by atoms with van der Waals surface area (Å²) in [5.74, 6) is 0. The second-order valence-corrected chi connectivity index (χ2v) is 3.39. The summed E-state index contributed by atoms with van der Waals surface area (Å²) in [7, 11) is 0. The van der Waals surface area contributed by atoms with Crippen LogP contribution in [0.5, 0.6) is 0 Å². The van der Waals surface area contributed by atoms with Crippen molar-refractivity contribution in [3.8, 4) is 0 Å². The van der Waals surface area contributed by atoms with Crippen LogP contribution in [0.15, 0.2) is 24.3 Å². The second kappa shape index (κ2) is 6.01. The molecule has 3 N–H and O–H groups in total. The maximum absolute atomic E-state index is 3.98.